The Bertz CT molecular complexity index is 1130. The molecule has 1 amide bonds. The number of nitrogens with zero attached hydrogens (tertiary/aromatic N) is 1. The van der Waals surface area contributed by atoms with Crippen LogP contribution in [0.5, 0.6) is 0 Å². The number of carbonyl (C=O) groups is 1. The summed E-state index contributed by atoms with van der Waals surface area (Å²) < 4.78 is 5.91. The van der Waals surface area contributed by atoms with Crippen molar-refractivity contribution in [3.05, 3.63) is 95.1 Å². The van der Waals surface area contributed by atoms with Crippen LogP contribution in [0.25, 0.3) is 28.6 Å². The average molecular weight is 382 g/mol. The molecule has 144 valence electrons. The standard InChI is InChI=1S/C25H22N2O2/c1-17-14-22-23(15-18(17)2)29-25(27-22)21-11-8-20(9-12-21)16-26-24(28)13-10-19-6-4-3-5-7-19/h3-15H,16H2,1-2H3,(H,26,28)/b13-10+. The molecule has 1 heterocycles. The van der Waals surface area contributed by atoms with Gasteiger partial charge in [-0.1, -0.05) is 42.5 Å². The van der Waals surface area contributed by atoms with Gasteiger partial charge in [0.2, 0.25) is 11.8 Å². The second-order valence-corrected chi connectivity index (χ2v) is 7.08. The number of carbonyl (C=O) groups excluding carboxylic acids is 1. The molecule has 0 saturated carbocycles. The molecule has 4 aromatic rings. The zero-order chi connectivity index (χ0) is 20.2. The molecule has 0 bridgehead atoms. The number of nitrogens with one attached hydrogen (secondary N) is 1. The van der Waals surface area contributed by atoms with E-state index < -0.39 is 0 Å². The van der Waals surface area contributed by atoms with Crippen LogP contribution in [0, 0.1) is 13.8 Å². The van der Waals surface area contributed by atoms with E-state index in [0.717, 1.165) is 27.8 Å². The van der Waals surface area contributed by atoms with E-state index in [-0.39, 0.29) is 5.91 Å². The highest BCUT2D eigenvalue weighted by Gasteiger charge is 2.09. The van der Waals surface area contributed by atoms with Gasteiger partial charge < -0.3 is 9.73 Å². The maximum Gasteiger partial charge on any atom is 0.244 e. The van der Waals surface area contributed by atoms with Crippen LogP contribution in [0.3, 0.4) is 0 Å². The molecule has 3 aromatic carbocycles. The molecule has 0 saturated heterocycles. The molecular formula is C25H22N2O2. The van der Waals surface area contributed by atoms with Gasteiger partial charge in [0.25, 0.3) is 0 Å². The van der Waals surface area contributed by atoms with Gasteiger partial charge in [-0.3, -0.25) is 4.79 Å². The Hall–Kier alpha value is -3.66. The minimum absolute atomic E-state index is 0.123. The fourth-order valence-corrected chi connectivity index (χ4v) is 3.05. The van der Waals surface area contributed by atoms with E-state index >= 15 is 0 Å². The van der Waals surface area contributed by atoms with Crippen molar-refractivity contribution in [1.82, 2.24) is 10.3 Å². The van der Waals surface area contributed by atoms with Gasteiger partial charge in [0.15, 0.2) is 5.58 Å². The van der Waals surface area contributed by atoms with Gasteiger partial charge in [0, 0.05) is 18.2 Å². The summed E-state index contributed by atoms with van der Waals surface area (Å²) in [4.78, 5) is 16.6. The number of aryl methyl sites for hydroxylation is 2. The Labute approximate surface area is 169 Å². The first-order valence-corrected chi connectivity index (χ1v) is 9.56. The zero-order valence-electron chi connectivity index (χ0n) is 16.5. The molecule has 1 N–H and O–H groups in total. The van der Waals surface area contributed by atoms with Gasteiger partial charge >= 0.3 is 0 Å². The molecule has 0 unspecified atom stereocenters. The number of benzene rings is 3. The van der Waals surface area contributed by atoms with Crippen LogP contribution in [-0.2, 0) is 11.3 Å². The summed E-state index contributed by atoms with van der Waals surface area (Å²) in [6, 6.07) is 21.7. The van der Waals surface area contributed by atoms with Crippen LogP contribution in [0.15, 0.2) is 77.2 Å². The summed E-state index contributed by atoms with van der Waals surface area (Å²) in [5, 5.41) is 2.90. The smallest absolute Gasteiger partial charge is 0.244 e. The summed E-state index contributed by atoms with van der Waals surface area (Å²) in [6.07, 6.45) is 3.35. The van der Waals surface area contributed by atoms with Crippen molar-refractivity contribution >= 4 is 23.1 Å². The lowest BCUT2D eigenvalue weighted by atomic mass is 10.1. The summed E-state index contributed by atoms with van der Waals surface area (Å²) in [5.41, 5.74) is 6.97. The number of rotatable bonds is 5. The summed E-state index contributed by atoms with van der Waals surface area (Å²) in [7, 11) is 0. The Morgan fingerprint density at radius 3 is 2.48 bits per heavy atom. The number of hydrogen-bond acceptors (Lipinski definition) is 3. The minimum atomic E-state index is -0.123. The molecule has 0 aliphatic carbocycles. The summed E-state index contributed by atoms with van der Waals surface area (Å²) >= 11 is 0. The third kappa shape index (κ3) is 4.43. The van der Waals surface area contributed by atoms with Crippen molar-refractivity contribution in [1.29, 1.82) is 0 Å². The topological polar surface area (TPSA) is 55.1 Å². The SMILES string of the molecule is Cc1cc2nc(-c3ccc(CNC(=O)/C=C/c4ccccc4)cc3)oc2cc1C. The molecule has 0 aliphatic heterocycles. The van der Waals surface area contributed by atoms with Crippen molar-refractivity contribution in [2.24, 2.45) is 0 Å². The predicted molar refractivity (Wildman–Crippen MR) is 116 cm³/mol. The van der Waals surface area contributed by atoms with Crippen molar-refractivity contribution in [3.63, 3.8) is 0 Å². The molecule has 4 heteroatoms. The van der Waals surface area contributed by atoms with Crippen LogP contribution >= 0.6 is 0 Å². The van der Waals surface area contributed by atoms with E-state index in [1.807, 2.05) is 66.7 Å². The van der Waals surface area contributed by atoms with Crippen LogP contribution in [0.2, 0.25) is 0 Å². The minimum Gasteiger partial charge on any atom is -0.436 e. The highest BCUT2D eigenvalue weighted by Crippen LogP contribution is 2.26. The van der Waals surface area contributed by atoms with Gasteiger partial charge in [-0.15, -0.1) is 0 Å². The second kappa shape index (κ2) is 8.15. The fraction of sp³-hybridized carbons (Fsp3) is 0.120. The van der Waals surface area contributed by atoms with Crippen molar-refractivity contribution in [2.45, 2.75) is 20.4 Å². The monoisotopic (exact) mass is 382 g/mol. The molecule has 0 atom stereocenters. The van der Waals surface area contributed by atoms with Crippen molar-refractivity contribution in [3.8, 4) is 11.5 Å². The predicted octanol–water partition coefficient (Wildman–Crippen LogP) is 5.44. The molecule has 1 aromatic heterocycles. The van der Waals surface area contributed by atoms with Gasteiger partial charge in [0.05, 0.1) is 0 Å². The second-order valence-electron chi connectivity index (χ2n) is 7.08. The Morgan fingerprint density at radius 2 is 1.72 bits per heavy atom. The quantitative estimate of drug-likeness (QED) is 0.468. The van der Waals surface area contributed by atoms with Crippen LogP contribution in [0.4, 0.5) is 0 Å². The van der Waals surface area contributed by atoms with Crippen LogP contribution in [0.1, 0.15) is 22.3 Å². The van der Waals surface area contributed by atoms with E-state index in [9.17, 15) is 4.79 Å². The fourth-order valence-electron chi connectivity index (χ4n) is 3.05. The molecule has 4 nitrogen and oxygen atoms in total. The highest BCUT2D eigenvalue weighted by atomic mass is 16.3. The average Bonchev–Trinajstić information content (AvgIpc) is 3.15. The number of oxazole rings is 1. The van der Waals surface area contributed by atoms with E-state index in [2.05, 4.69) is 24.1 Å². The molecule has 29 heavy (non-hydrogen) atoms. The van der Waals surface area contributed by atoms with Crippen LogP contribution in [-0.4, -0.2) is 10.9 Å². The Balaban J connectivity index is 1.40. The number of fused-ring (bicyclic) bond motifs is 1. The first kappa shape index (κ1) is 18.7. The van der Waals surface area contributed by atoms with Gasteiger partial charge in [0.1, 0.15) is 5.52 Å². The third-order valence-electron chi connectivity index (χ3n) is 4.90. The van der Waals surface area contributed by atoms with E-state index in [0.29, 0.717) is 12.4 Å². The van der Waals surface area contributed by atoms with Crippen molar-refractivity contribution < 1.29 is 9.21 Å². The lowest BCUT2D eigenvalue weighted by Gasteiger charge is -2.03. The molecule has 0 fully saturated rings. The largest absolute Gasteiger partial charge is 0.436 e. The highest BCUT2D eigenvalue weighted by molar-refractivity contribution is 5.91. The summed E-state index contributed by atoms with van der Waals surface area (Å²) in [5.74, 6) is 0.481. The number of amides is 1. The van der Waals surface area contributed by atoms with Gasteiger partial charge in [-0.2, -0.15) is 0 Å². The van der Waals surface area contributed by atoms with E-state index in [1.165, 1.54) is 11.1 Å². The lowest BCUT2D eigenvalue weighted by molar-refractivity contribution is -0.116. The molecule has 4 rings (SSSR count). The molecule has 0 radical (unpaired) electrons. The first-order valence-electron chi connectivity index (χ1n) is 9.56. The first-order chi connectivity index (χ1) is 14.1. The third-order valence-corrected chi connectivity index (χ3v) is 4.90. The Kier molecular flexibility index (Phi) is 5.25. The van der Waals surface area contributed by atoms with E-state index in [4.69, 9.17) is 4.42 Å². The van der Waals surface area contributed by atoms with E-state index in [1.54, 1.807) is 12.2 Å². The molecule has 0 aliphatic rings. The molecular weight excluding hydrogens is 360 g/mol. The summed E-state index contributed by atoms with van der Waals surface area (Å²) in [6.45, 7) is 4.60. The maximum absolute atomic E-state index is 12.0. The number of hydrogen-bond donors (Lipinski definition) is 1. The van der Waals surface area contributed by atoms with Gasteiger partial charge in [-0.05, 0) is 66.4 Å². The maximum atomic E-state index is 12.0. The zero-order valence-corrected chi connectivity index (χ0v) is 16.5. The van der Waals surface area contributed by atoms with Crippen molar-refractivity contribution in [2.75, 3.05) is 0 Å². The van der Waals surface area contributed by atoms with Gasteiger partial charge in [-0.25, -0.2) is 4.98 Å². The lowest BCUT2D eigenvalue weighted by Crippen LogP contribution is -2.20. The normalized spacial score (nSPS) is 11.2. The molecule has 0 spiro atoms. The number of aromatic nitrogens is 1. The Morgan fingerprint density at radius 1 is 1.00 bits per heavy atom. The van der Waals surface area contributed by atoms with Crippen LogP contribution < -0.4 is 5.32 Å².